The quantitative estimate of drug-likeness (QED) is 0.643. The van der Waals surface area contributed by atoms with Gasteiger partial charge in [0.1, 0.15) is 0 Å². The van der Waals surface area contributed by atoms with Crippen LogP contribution in [0.1, 0.15) is 20.3 Å². The first kappa shape index (κ1) is 10.9. The van der Waals surface area contributed by atoms with Crippen molar-refractivity contribution in [2.75, 3.05) is 7.11 Å². The lowest BCUT2D eigenvalue weighted by Gasteiger charge is -2.13. The Balaban J connectivity index is 4.14. The number of hydrogen-bond acceptors (Lipinski definition) is 3. The van der Waals surface area contributed by atoms with Gasteiger partial charge in [-0.05, 0) is 5.92 Å². The number of rotatable bonds is 4. The highest BCUT2D eigenvalue weighted by molar-refractivity contribution is 5.78. The monoisotopic (exact) mass is 174 g/mol. The third-order valence-corrected chi connectivity index (χ3v) is 1.74. The Morgan fingerprint density at radius 2 is 1.92 bits per heavy atom. The molecular formula is C8H14O4. The molecule has 4 heteroatoms. The molecule has 70 valence electrons. The van der Waals surface area contributed by atoms with Gasteiger partial charge in [-0.1, -0.05) is 13.8 Å². The van der Waals surface area contributed by atoms with Crippen molar-refractivity contribution in [2.45, 2.75) is 20.3 Å². The summed E-state index contributed by atoms with van der Waals surface area (Å²) in [5, 5.41) is 8.68. The van der Waals surface area contributed by atoms with Gasteiger partial charge >= 0.3 is 11.9 Å². The number of methoxy groups -OCH3 is 1. The van der Waals surface area contributed by atoms with Crippen molar-refractivity contribution in [1.29, 1.82) is 0 Å². The zero-order chi connectivity index (χ0) is 9.72. The summed E-state index contributed by atoms with van der Waals surface area (Å²) in [4.78, 5) is 21.3. The van der Waals surface area contributed by atoms with E-state index in [-0.39, 0.29) is 12.3 Å². The number of carbonyl (C=O) groups excluding carboxylic acids is 1. The average molecular weight is 174 g/mol. The van der Waals surface area contributed by atoms with Crippen LogP contribution < -0.4 is 0 Å². The lowest BCUT2D eigenvalue weighted by molar-refractivity contribution is -0.151. The van der Waals surface area contributed by atoms with Gasteiger partial charge in [0, 0.05) is 0 Å². The molecule has 12 heavy (non-hydrogen) atoms. The summed E-state index contributed by atoms with van der Waals surface area (Å²) in [5.74, 6) is -2.12. The maximum Gasteiger partial charge on any atom is 0.307 e. The van der Waals surface area contributed by atoms with Gasteiger partial charge in [-0.25, -0.2) is 0 Å². The van der Waals surface area contributed by atoms with Crippen LogP contribution >= 0.6 is 0 Å². The third-order valence-electron chi connectivity index (χ3n) is 1.74. The van der Waals surface area contributed by atoms with E-state index in [1.165, 1.54) is 7.11 Å². The summed E-state index contributed by atoms with van der Waals surface area (Å²) in [6.07, 6.45) is -0.0521. The van der Waals surface area contributed by atoms with Crippen LogP contribution in [-0.2, 0) is 14.3 Å². The fraction of sp³-hybridized carbons (Fsp3) is 0.750. The van der Waals surface area contributed by atoms with Crippen molar-refractivity contribution in [3.8, 4) is 0 Å². The van der Waals surface area contributed by atoms with Gasteiger partial charge in [-0.3, -0.25) is 9.59 Å². The van der Waals surface area contributed by atoms with E-state index >= 15 is 0 Å². The minimum absolute atomic E-state index is 0.0521. The van der Waals surface area contributed by atoms with Crippen LogP contribution in [0.25, 0.3) is 0 Å². The molecule has 0 rings (SSSR count). The Bertz CT molecular complexity index is 174. The van der Waals surface area contributed by atoms with Gasteiger partial charge in [-0.15, -0.1) is 0 Å². The summed E-state index contributed by atoms with van der Waals surface area (Å²) in [7, 11) is 1.25. The van der Waals surface area contributed by atoms with Crippen LogP contribution in [0.2, 0.25) is 0 Å². The first-order valence-corrected chi connectivity index (χ1v) is 3.78. The van der Waals surface area contributed by atoms with Crippen molar-refractivity contribution < 1.29 is 19.4 Å². The average Bonchev–Trinajstić information content (AvgIpc) is 1.98. The highest BCUT2D eigenvalue weighted by Crippen LogP contribution is 2.15. The second-order valence-electron chi connectivity index (χ2n) is 2.97. The minimum Gasteiger partial charge on any atom is -0.481 e. The maximum absolute atomic E-state index is 10.7. The molecule has 0 bridgehead atoms. The lowest BCUT2D eigenvalue weighted by Crippen LogP contribution is -2.23. The van der Waals surface area contributed by atoms with E-state index in [0.717, 1.165) is 0 Å². The maximum atomic E-state index is 10.7. The first-order valence-electron chi connectivity index (χ1n) is 3.78. The standard InChI is InChI=1S/C8H14O4/c1-5(2)6(8(10)11)4-7(9)12-3/h5-6H,4H2,1-3H3,(H,10,11)/t6-/m0/s1. The number of esters is 1. The molecule has 0 unspecified atom stereocenters. The summed E-state index contributed by atoms with van der Waals surface area (Å²) in [5.41, 5.74) is 0. The van der Waals surface area contributed by atoms with Gasteiger partial charge in [0.25, 0.3) is 0 Å². The summed E-state index contributed by atoms with van der Waals surface area (Å²) in [6, 6.07) is 0. The Morgan fingerprint density at radius 3 is 2.17 bits per heavy atom. The number of aliphatic carboxylic acids is 1. The van der Waals surface area contributed by atoms with Gasteiger partial charge in [0.2, 0.25) is 0 Å². The molecule has 0 aromatic heterocycles. The molecule has 0 saturated heterocycles. The minimum atomic E-state index is -0.949. The number of ether oxygens (including phenoxy) is 1. The van der Waals surface area contributed by atoms with Crippen LogP contribution in [0.5, 0.6) is 0 Å². The van der Waals surface area contributed by atoms with E-state index in [2.05, 4.69) is 4.74 Å². The van der Waals surface area contributed by atoms with Crippen molar-refractivity contribution in [3.63, 3.8) is 0 Å². The molecule has 0 saturated carbocycles. The molecular weight excluding hydrogens is 160 g/mol. The van der Waals surface area contributed by atoms with Gasteiger partial charge in [-0.2, -0.15) is 0 Å². The number of carbonyl (C=O) groups is 2. The van der Waals surface area contributed by atoms with E-state index < -0.39 is 17.9 Å². The van der Waals surface area contributed by atoms with Crippen molar-refractivity contribution in [3.05, 3.63) is 0 Å². The molecule has 0 fully saturated rings. The molecule has 1 atom stereocenters. The Labute approximate surface area is 71.5 Å². The molecule has 0 heterocycles. The van der Waals surface area contributed by atoms with E-state index in [1.807, 2.05) is 0 Å². The van der Waals surface area contributed by atoms with Crippen LogP contribution in [-0.4, -0.2) is 24.2 Å². The molecule has 0 aromatic carbocycles. The van der Waals surface area contributed by atoms with Crippen molar-refractivity contribution in [2.24, 2.45) is 11.8 Å². The molecule has 0 spiro atoms. The molecule has 0 radical (unpaired) electrons. The van der Waals surface area contributed by atoms with Crippen molar-refractivity contribution >= 4 is 11.9 Å². The normalized spacial score (nSPS) is 12.7. The fourth-order valence-corrected chi connectivity index (χ4v) is 0.871. The third kappa shape index (κ3) is 3.37. The smallest absolute Gasteiger partial charge is 0.307 e. The second-order valence-corrected chi connectivity index (χ2v) is 2.97. The molecule has 0 aliphatic rings. The number of carboxylic acids is 1. The molecule has 0 aliphatic heterocycles. The number of hydrogen-bond donors (Lipinski definition) is 1. The predicted octanol–water partition coefficient (Wildman–Crippen LogP) is 0.906. The fourth-order valence-electron chi connectivity index (χ4n) is 0.871. The molecule has 0 aliphatic carbocycles. The Morgan fingerprint density at radius 1 is 1.42 bits per heavy atom. The predicted molar refractivity (Wildman–Crippen MR) is 42.6 cm³/mol. The highest BCUT2D eigenvalue weighted by atomic mass is 16.5. The second kappa shape index (κ2) is 4.74. The van der Waals surface area contributed by atoms with Gasteiger partial charge in [0.15, 0.2) is 0 Å². The zero-order valence-corrected chi connectivity index (χ0v) is 7.53. The largest absolute Gasteiger partial charge is 0.481 e. The molecule has 0 aromatic rings. The van der Waals surface area contributed by atoms with E-state index in [0.29, 0.717) is 0 Å². The molecule has 1 N–H and O–H groups in total. The Hall–Kier alpha value is -1.06. The summed E-state index contributed by atoms with van der Waals surface area (Å²) < 4.78 is 4.38. The summed E-state index contributed by atoms with van der Waals surface area (Å²) >= 11 is 0. The van der Waals surface area contributed by atoms with E-state index in [9.17, 15) is 9.59 Å². The summed E-state index contributed by atoms with van der Waals surface area (Å²) in [6.45, 7) is 3.53. The molecule has 4 nitrogen and oxygen atoms in total. The van der Waals surface area contributed by atoms with Crippen LogP contribution in [0.3, 0.4) is 0 Å². The lowest BCUT2D eigenvalue weighted by atomic mass is 9.93. The SMILES string of the molecule is COC(=O)C[C@H](C(=O)O)C(C)C. The van der Waals surface area contributed by atoms with Crippen LogP contribution in [0.4, 0.5) is 0 Å². The number of carboxylic acid groups (broad SMARTS) is 1. The van der Waals surface area contributed by atoms with Crippen LogP contribution in [0, 0.1) is 11.8 Å². The van der Waals surface area contributed by atoms with Crippen molar-refractivity contribution in [1.82, 2.24) is 0 Å². The Kier molecular flexibility index (Phi) is 4.33. The van der Waals surface area contributed by atoms with E-state index in [4.69, 9.17) is 5.11 Å². The van der Waals surface area contributed by atoms with Gasteiger partial charge in [0.05, 0.1) is 19.4 Å². The topological polar surface area (TPSA) is 63.6 Å². The van der Waals surface area contributed by atoms with Crippen LogP contribution in [0.15, 0.2) is 0 Å². The zero-order valence-electron chi connectivity index (χ0n) is 7.53. The van der Waals surface area contributed by atoms with Gasteiger partial charge < -0.3 is 9.84 Å². The first-order chi connectivity index (χ1) is 5.49. The van der Waals surface area contributed by atoms with E-state index in [1.54, 1.807) is 13.8 Å². The molecule has 0 amide bonds. The highest BCUT2D eigenvalue weighted by Gasteiger charge is 2.24.